The molecular weight excluding hydrogens is 220 g/mol. The fourth-order valence-electron chi connectivity index (χ4n) is 1.66. The van der Waals surface area contributed by atoms with E-state index in [2.05, 4.69) is 4.98 Å². The maximum Gasteiger partial charge on any atom is 0.292 e. The number of benzene rings is 1. The predicted molar refractivity (Wildman–Crippen MR) is 64.2 cm³/mol. The average molecular weight is 234 g/mol. The molecule has 0 unspecified atom stereocenters. The van der Waals surface area contributed by atoms with E-state index in [1.807, 2.05) is 19.1 Å². The number of oxazole rings is 1. The van der Waals surface area contributed by atoms with Crippen LogP contribution in [-0.2, 0) is 0 Å². The van der Waals surface area contributed by atoms with Gasteiger partial charge in [-0.05, 0) is 24.6 Å². The van der Waals surface area contributed by atoms with Crippen LogP contribution in [0.1, 0.15) is 5.56 Å². The van der Waals surface area contributed by atoms with Crippen molar-refractivity contribution in [2.24, 2.45) is 0 Å². The lowest BCUT2D eigenvalue weighted by atomic mass is 10.1. The van der Waals surface area contributed by atoms with E-state index in [-0.39, 0.29) is 6.01 Å². The second-order valence-corrected chi connectivity index (χ2v) is 3.59. The van der Waals surface area contributed by atoms with Gasteiger partial charge in [0.2, 0.25) is 0 Å². The Morgan fingerprint density at radius 3 is 2.41 bits per heavy atom. The summed E-state index contributed by atoms with van der Waals surface area (Å²) in [6.07, 6.45) is 1.49. The van der Waals surface area contributed by atoms with Crippen LogP contribution < -0.4 is 15.2 Å². The van der Waals surface area contributed by atoms with Crippen molar-refractivity contribution in [2.45, 2.75) is 6.92 Å². The summed E-state index contributed by atoms with van der Waals surface area (Å²) in [4.78, 5) is 4.07. The van der Waals surface area contributed by atoms with Crippen molar-refractivity contribution < 1.29 is 13.9 Å². The number of aromatic nitrogens is 1. The fourth-order valence-corrected chi connectivity index (χ4v) is 1.66. The van der Waals surface area contributed by atoms with Crippen LogP contribution in [-0.4, -0.2) is 19.2 Å². The first kappa shape index (κ1) is 11.3. The number of nitrogens with zero attached hydrogens (tertiary/aromatic N) is 1. The number of anilines is 1. The molecule has 0 bridgehead atoms. The number of rotatable bonds is 3. The first-order valence-electron chi connectivity index (χ1n) is 5.09. The topological polar surface area (TPSA) is 70.5 Å². The molecule has 5 heteroatoms. The Morgan fingerprint density at radius 2 is 1.88 bits per heavy atom. The molecular formula is C12H14N2O3. The highest BCUT2D eigenvalue weighted by Crippen LogP contribution is 2.35. The van der Waals surface area contributed by atoms with Gasteiger partial charge < -0.3 is 19.6 Å². The minimum Gasteiger partial charge on any atom is -0.496 e. The van der Waals surface area contributed by atoms with Gasteiger partial charge in [0.05, 0.1) is 14.2 Å². The van der Waals surface area contributed by atoms with Crippen molar-refractivity contribution in [1.82, 2.24) is 4.98 Å². The highest BCUT2D eigenvalue weighted by atomic mass is 16.5. The molecule has 2 N–H and O–H groups in total. The number of ether oxygens (including phenoxy) is 2. The lowest BCUT2D eigenvalue weighted by molar-refractivity contribution is 0.401. The van der Waals surface area contributed by atoms with Crippen molar-refractivity contribution in [3.63, 3.8) is 0 Å². The minimum absolute atomic E-state index is 0.126. The van der Waals surface area contributed by atoms with Crippen LogP contribution in [0.4, 0.5) is 6.01 Å². The maximum absolute atomic E-state index is 5.46. The zero-order chi connectivity index (χ0) is 12.4. The number of nitrogen functional groups attached to an aromatic ring is 1. The van der Waals surface area contributed by atoms with Crippen LogP contribution >= 0.6 is 0 Å². The van der Waals surface area contributed by atoms with E-state index in [9.17, 15) is 0 Å². The molecule has 1 heterocycles. The number of methoxy groups -OCH3 is 2. The van der Waals surface area contributed by atoms with E-state index < -0.39 is 0 Å². The van der Waals surface area contributed by atoms with E-state index in [1.165, 1.54) is 6.26 Å². The molecule has 17 heavy (non-hydrogen) atoms. The molecule has 0 aliphatic heterocycles. The first-order valence-corrected chi connectivity index (χ1v) is 5.09. The van der Waals surface area contributed by atoms with Crippen molar-refractivity contribution in [2.75, 3.05) is 20.0 Å². The van der Waals surface area contributed by atoms with Gasteiger partial charge in [-0.25, -0.2) is 0 Å². The summed E-state index contributed by atoms with van der Waals surface area (Å²) >= 11 is 0. The predicted octanol–water partition coefficient (Wildman–Crippen LogP) is 2.25. The first-order chi connectivity index (χ1) is 8.15. The van der Waals surface area contributed by atoms with Gasteiger partial charge >= 0.3 is 0 Å². The smallest absolute Gasteiger partial charge is 0.292 e. The van der Waals surface area contributed by atoms with E-state index >= 15 is 0 Å². The zero-order valence-corrected chi connectivity index (χ0v) is 9.98. The Morgan fingerprint density at radius 1 is 1.18 bits per heavy atom. The minimum atomic E-state index is 0.126. The molecule has 2 aromatic rings. The molecule has 1 aromatic heterocycles. The third-order valence-electron chi connectivity index (χ3n) is 2.51. The van der Waals surface area contributed by atoms with Gasteiger partial charge in [-0.2, -0.15) is 4.98 Å². The number of nitrogens with two attached hydrogens (primary N) is 1. The molecule has 0 saturated heterocycles. The number of hydrogen-bond donors (Lipinski definition) is 1. The molecule has 0 saturated carbocycles. The third kappa shape index (κ3) is 2.04. The molecule has 0 fully saturated rings. The Balaban J connectivity index is 2.58. The van der Waals surface area contributed by atoms with Crippen molar-refractivity contribution in [3.05, 3.63) is 24.0 Å². The second kappa shape index (κ2) is 4.37. The molecule has 0 aliphatic rings. The van der Waals surface area contributed by atoms with E-state index in [4.69, 9.17) is 19.6 Å². The maximum atomic E-state index is 5.46. The molecule has 0 radical (unpaired) electrons. The summed E-state index contributed by atoms with van der Waals surface area (Å²) in [5.41, 5.74) is 7.86. The van der Waals surface area contributed by atoms with Gasteiger partial charge in [-0.3, -0.25) is 0 Å². The lowest BCUT2D eigenvalue weighted by Crippen LogP contribution is -1.93. The highest BCUT2D eigenvalue weighted by molar-refractivity contribution is 5.70. The third-order valence-corrected chi connectivity index (χ3v) is 2.51. The Kier molecular flexibility index (Phi) is 2.91. The van der Waals surface area contributed by atoms with Gasteiger partial charge in [-0.15, -0.1) is 0 Å². The van der Waals surface area contributed by atoms with Crippen LogP contribution in [0.2, 0.25) is 0 Å². The molecule has 0 spiro atoms. The summed E-state index contributed by atoms with van der Waals surface area (Å²) in [6.45, 7) is 1.95. The summed E-state index contributed by atoms with van der Waals surface area (Å²) in [6, 6.07) is 3.87. The SMILES string of the molecule is COc1cc(-c2coc(N)n2)c(OC)cc1C. The Labute approximate surface area is 99.2 Å². The highest BCUT2D eigenvalue weighted by Gasteiger charge is 2.13. The average Bonchev–Trinajstić information content (AvgIpc) is 2.75. The largest absolute Gasteiger partial charge is 0.496 e. The second-order valence-electron chi connectivity index (χ2n) is 3.59. The van der Waals surface area contributed by atoms with Crippen LogP contribution in [0, 0.1) is 6.92 Å². The molecule has 90 valence electrons. The zero-order valence-electron chi connectivity index (χ0n) is 9.98. The van der Waals surface area contributed by atoms with Gasteiger partial charge in [0.15, 0.2) is 0 Å². The standard InChI is InChI=1S/C12H14N2O3/c1-7-4-11(16-3)8(5-10(7)15-2)9-6-17-12(13)14-9/h4-6H,1-3H3,(H2,13,14). The van der Waals surface area contributed by atoms with E-state index in [0.717, 1.165) is 16.9 Å². The van der Waals surface area contributed by atoms with Crippen LogP contribution in [0.25, 0.3) is 11.3 Å². The molecule has 2 rings (SSSR count). The summed E-state index contributed by atoms with van der Waals surface area (Å²) < 4.78 is 15.6. The van der Waals surface area contributed by atoms with Crippen molar-refractivity contribution in [1.29, 1.82) is 0 Å². The summed E-state index contributed by atoms with van der Waals surface area (Å²) in [5.74, 6) is 1.47. The van der Waals surface area contributed by atoms with Gasteiger partial charge in [0.1, 0.15) is 23.5 Å². The summed E-state index contributed by atoms with van der Waals surface area (Å²) in [5, 5.41) is 0. The Hall–Kier alpha value is -2.17. The van der Waals surface area contributed by atoms with E-state index in [0.29, 0.717) is 11.4 Å². The van der Waals surface area contributed by atoms with Crippen LogP contribution in [0.5, 0.6) is 11.5 Å². The van der Waals surface area contributed by atoms with Gasteiger partial charge in [0.25, 0.3) is 6.01 Å². The molecule has 0 aliphatic carbocycles. The molecule has 0 atom stereocenters. The normalized spacial score (nSPS) is 10.3. The van der Waals surface area contributed by atoms with Gasteiger partial charge in [0, 0.05) is 5.56 Å². The van der Waals surface area contributed by atoms with Crippen LogP contribution in [0.3, 0.4) is 0 Å². The lowest BCUT2D eigenvalue weighted by Gasteiger charge is -2.11. The quantitative estimate of drug-likeness (QED) is 0.881. The monoisotopic (exact) mass is 234 g/mol. The number of hydrogen-bond acceptors (Lipinski definition) is 5. The van der Waals surface area contributed by atoms with Gasteiger partial charge in [-0.1, -0.05) is 0 Å². The van der Waals surface area contributed by atoms with Crippen molar-refractivity contribution >= 4 is 6.01 Å². The van der Waals surface area contributed by atoms with Crippen molar-refractivity contribution in [3.8, 4) is 22.8 Å². The molecule has 0 amide bonds. The fraction of sp³-hybridized carbons (Fsp3) is 0.250. The number of aryl methyl sites for hydroxylation is 1. The summed E-state index contributed by atoms with van der Waals surface area (Å²) in [7, 11) is 3.23. The van der Waals surface area contributed by atoms with E-state index in [1.54, 1.807) is 14.2 Å². The molecule has 5 nitrogen and oxygen atoms in total. The molecule has 1 aromatic carbocycles. The Bertz CT molecular complexity index is 535. The van der Waals surface area contributed by atoms with Crippen LogP contribution in [0.15, 0.2) is 22.8 Å².